The molecule has 1 N–H and O–H groups in total. The number of nitrogens with one attached hydrogen (secondary N) is 1. The second kappa shape index (κ2) is 8.50. The molecule has 0 radical (unpaired) electrons. The quantitative estimate of drug-likeness (QED) is 0.567. The minimum absolute atomic E-state index is 0.752. The Morgan fingerprint density at radius 1 is 1.10 bits per heavy atom. The van der Waals surface area contributed by atoms with Crippen LogP contribution in [0.2, 0.25) is 0 Å². The lowest BCUT2D eigenvalue weighted by Gasteiger charge is -2.34. The van der Waals surface area contributed by atoms with Crippen molar-refractivity contribution in [3.05, 3.63) is 69.4 Å². The third-order valence-corrected chi connectivity index (χ3v) is 7.76. The van der Waals surface area contributed by atoms with Crippen molar-refractivity contribution in [3.8, 4) is 6.07 Å². The summed E-state index contributed by atoms with van der Waals surface area (Å²) >= 11 is 1.54. The number of hydrogen-bond donors (Lipinski definition) is 1. The van der Waals surface area contributed by atoms with Crippen LogP contribution in [-0.2, 0) is 17.3 Å². The zero-order chi connectivity index (χ0) is 20.4. The Morgan fingerprint density at radius 3 is 2.72 bits per heavy atom. The first-order chi connectivity index (χ1) is 14.1. The Bertz CT molecular complexity index is 1110. The Kier molecular flexibility index (Phi) is 5.81. The molecule has 1 aliphatic heterocycles. The molecule has 0 bridgehead atoms. The number of benzene rings is 2. The van der Waals surface area contributed by atoms with Crippen LogP contribution in [-0.4, -0.2) is 17.3 Å². The summed E-state index contributed by atoms with van der Waals surface area (Å²) in [6, 6.07) is 18.2. The van der Waals surface area contributed by atoms with Crippen molar-refractivity contribution in [2.75, 3.05) is 18.0 Å². The Labute approximate surface area is 178 Å². The van der Waals surface area contributed by atoms with Crippen LogP contribution >= 0.6 is 11.3 Å². The van der Waals surface area contributed by atoms with Crippen LogP contribution in [0.25, 0.3) is 0 Å². The summed E-state index contributed by atoms with van der Waals surface area (Å²) in [5.41, 5.74) is 4.55. The van der Waals surface area contributed by atoms with Crippen molar-refractivity contribution in [2.45, 2.75) is 36.6 Å². The number of aryl methyl sites for hydroxylation is 1. The summed E-state index contributed by atoms with van der Waals surface area (Å²) in [5.74, 6) is 0. The monoisotopic (exact) mass is 421 g/mol. The molecule has 0 saturated carbocycles. The fraction of sp³-hybridized carbons (Fsp3) is 0.261. The number of hydrogen-bond acceptors (Lipinski definition) is 5. The van der Waals surface area contributed by atoms with E-state index in [9.17, 15) is 4.21 Å². The molecule has 0 aliphatic carbocycles. The molecule has 29 heavy (non-hydrogen) atoms. The van der Waals surface area contributed by atoms with Gasteiger partial charge >= 0.3 is 0 Å². The first-order valence-electron chi connectivity index (χ1n) is 9.68. The molecule has 0 fully saturated rings. The normalized spacial score (nSPS) is 14.9. The van der Waals surface area contributed by atoms with E-state index in [1.807, 2.05) is 36.4 Å². The highest BCUT2D eigenvalue weighted by Crippen LogP contribution is 2.44. The average Bonchev–Trinajstić information content (AvgIpc) is 3.20. The van der Waals surface area contributed by atoms with E-state index in [0.717, 1.165) is 52.1 Å². The Morgan fingerprint density at radius 2 is 1.93 bits per heavy atom. The number of nitrogens with zero attached hydrogens (tertiary/aromatic N) is 2. The summed E-state index contributed by atoms with van der Waals surface area (Å²) in [5, 5.41) is 12.4. The highest BCUT2D eigenvalue weighted by molar-refractivity contribution is 7.85. The van der Waals surface area contributed by atoms with Gasteiger partial charge in [0.25, 0.3) is 0 Å². The summed E-state index contributed by atoms with van der Waals surface area (Å²) in [6.07, 6.45) is 0.963. The van der Waals surface area contributed by atoms with Crippen LogP contribution in [0.4, 0.5) is 11.4 Å². The van der Waals surface area contributed by atoms with Gasteiger partial charge in [0.1, 0.15) is 10.9 Å². The van der Waals surface area contributed by atoms with E-state index in [1.165, 1.54) is 27.3 Å². The van der Waals surface area contributed by atoms with E-state index in [0.29, 0.717) is 0 Å². The lowest BCUT2D eigenvalue weighted by Crippen LogP contribution is -2.28. The number of rotatable bonds is 6. The van der Waals surface area contributed by atoms with Crippen molar-refractivity contribution in [3.63, 3.8) is 0 Å². The average molecular weight is 422 g/mol. The molecule has 0 saturated heterocycles. The molecular weight excluding hydrogens is 398 g/mol. The molecule has 1 atom stereocenters. The molecule has 4 nitrogen and oxygen atoms in total. The standard InChI is InChI=1S/C23H23N3OS2/c1-16-8-11-22-23(17(16)2)26(20-6-3-4-7-21(20)29(22)27)13-5-12-25-15-19-10-9-18(14-24)28-19/h3-4,6-11,25H,5,12-13,15H2,1-2H3. The van der Waals surface area contributed by atoms with E-state index in [4.69, 9.17) is 5.26 Å². The van der Waals surface area contributed by atoms with Crippen LogP contribution in [0.3, 0.4) is 0 Å². The molecule has 6 heteroatoms. The van der Waals surface area contributed by atoms with E-state index in [-0.39, 0.29) is 0 Å². The zero-order valence-electron chi connectivity index (χ0n) is 16.6. The van der Waals surface area contributed by atoms with E-state index in [2.05, 4.69) is 42.3 Å². The maximum Gasteiger partial charge on any atom is 0.110 e. The molecule has 0 amide bonds. The van der Waals surface area contributed by atoms with Crippen molar-refractivity contribution in [1.29, 1.82) is 5.26 Å². The highest BCUT2D eigenvalue weighted by Gasteiger charge is 2.29. The molecule has 2 heterocycles. The zero-order valence-corrected chi connectivity index (χ0v) is 18.2. The molecule has 4 rings (SSSR count). The summed E-state index contributed by atoms with van der Waals surface area (Å²) in [7, 11) is -1.14. The van der Waals surface area contributed by atoms with Gasteiger partial charge in [0.15, 0.2) is 0 Å². The maximum absolute atomic E-state index is 13.1. The van der Waals surface area contributed by atoms with Gasteiger partial charge in [-0.2, -0.15) is 5.26 Å². The van der Waals surface area contributed by atoms with Gasteiger partial charge in [-0.3, -0.25) is 0 Å². The van der Waals surface area contributed by atoms with Gasteiger partial charge in [0.05, 0.1) is 32.0 Å². The smallest absolute Gasteiger partial charge is 0.110 e. The first kappa shape index (κ1) is 19.8. The van der Waals surface area contributed by atoms with Crippen LogP contribution in [0.5, 0.6) is 0 Å². The molecule has 148 valence electrons. The predicted molar refractivity (Wildman–Crippen MR) is 119 cm³/mol. The van der Waals surface area contributed by atoms with E-state index < -0.39 is 10.8 Å². The SMILES string of the molecule is Cc1ccc2c(c1C)N(CCCNCc1ccc(C#N)s1)c1ccccc1S2=O. The Balaban J connectivity index is 1.50. The van der Waals surface area contributed by atoms with Gasteiger partial charge in [-0.05, 0) is 68.3 Å². The predicted octanol–water partition coefficient (Wildman–Crippen LogP) is 5.03. The fourth-order valence-corrected chi connectivity index (χ4v) is 5.89. The number of para-hydroxylation sites is 1. The molecular formula is C23H23N3OS2. The third kappa shape index (κ3) is 3.86. The van der Waals surface area contributed by atoms with Crippen molar-refractivity contribution in [2.24, 2.45) is 0 Å². The highest BCUT2D eigenvalue weighted by atomic mass is 32.2. The lowest BCUT2D eigenvalue weighted by atomic mass is 10.1. The first-order valence-corrected chi connectivity index (χ1v) is 11.6. The van der Waals surface area contributed by atoms with Crippen LogP contribution < -0.4 is 10.2 Å². The van der Waals surface area contributed by atoms with E-state index in [1.54, 1.807) is 0 Å². The molecule has 0 spiro atoms. The van der Waals surface area contributed by atoms with Crippen molar-refractivity contribution in [1.82, 2.24) is 5.32 Å². The summed E-state index contributed by atoms with van der Waals surface area (Å²) < 4.78 is 13.1. The third-order valence-electron chi connectivity index (χ3n) is 5.30. The van der Waals surface area contributed by atoms with Crippen LogP contribution in [0.15, 0.2) is 58.3 Å². The van der Waals surface area contributed by atoms with Gasteiger partial charge in [-0.1, -0.05) is 18.2 Å². The topological polar surface area (TPSA) is 56.1 Å². The van der Waals surface area contributed by atoms with E-state index >= 15 is 0 Å². The van der Waals surface area contributed by atoms with Crippen LogP contribution in [0.1, 0.15) is 27.3 Å². The second-order valence-electron chi connectivity index (χ2n) is 7.15. The van der Waals surface area contributed by atoms with Gasteiger partial charge in [-0.25, -0.2) is 4.21 Å². The largest absolute Gasteiger partial charge is 0.339 e. The number of nitriles is 1. The number of thiophene rings is 1. The van der Waals surface area contributed by atoms with Gasteiger partial charge in [-0.15, -0.1) is 11.3 Å². The molecule has 3 aromatic rings. The molecule has 1 unspecified atom stereocenters. The Hall–Kier alpha value is -2.46. The summed E-state index contributed by atoms with van der Waals surface area (Å²) in [4.78, 5) is 6.05. The van der Waals surface area contributed by atoms with Crippen molar-refractivity contribution >= 4 is 33.5 Å². The van der Waals surface area contributed by atoms with Crippen LogP contribution in [0, 0.1) is 25.2 Å². The lowest BCUT2D eigenvalue weighted by molar-refractivity contribution is 0.651. The molecule has 1 aromatic heterocycles. The van der Waals surface area contributed by atoms with Crippen molar-refractivity contribution < 1.29 is 4.21 Å². The van der Waals surface area contributed by atoms with Gasteiger partial charge < -0.3 is 10.2 Å². The van der Waals surface area contributed by atoms with Gasteiger partial charge in [0.2, 0.25) is 0 Å². The fourth-order valence-electron chi connectivity index (χ4n) is 3.68. The number of anilines is 2. The maximum atomic E-state index is 13.1. The molecule has 2 aromatic carbocycles. The molecule has 1 aliphatic rings. The second-order valence-corrected chi connectivity index (χ2v) is 9.74. The summed E-state index contributed by atoms with van der Waals surface area (Å²) in [6.45, 7) is 6.74. The van der Waals surface area contributed by atoms with Gasteiger partial charge in [0, 0.05) is 18.0 Å². The minimum Gasteiger partial charge on any atom is -0.339 e. The minimum atomic E-state index is -1.14. The number of fused-ring (bicyclic) bond motifs is 2.